The maximum atomic E-state index is 4.51. The number of hydrogen-bond donors (Lipinski definition) is 0. The molecule has 0 amide bonds. The number of hydrogen-bond acceptors (Lipinski definition) is 7. The van der Waals surface area contributed by atoms with Crippen LogP contribution in [0.2, 0.25) is 0 Å². The Balaban J connectivity index is 1.38. The number of fused-ring (bicyclic) bond motifs is 1. The molecule has 0 spiro atoms. The van der Waals surface area contributed by atoms with Gasteiger partial charge in [-0.25, -0.2) is 0 Å². The van der Waals surface area contributed by atoms with Crippen LogP contribution < -0.4 is 4.90 Å². The molecule has 4 heterocycles. The molecular formula is C14H16N8. The van der Waals surface area contributed by atoms with Gasteiger partial charge in [0.2, 0.25) is 0 Å². The lowest BCUT2D eigenvalue weighted by Gasteiger charge is -2.44. The Morgan fingerprint density at radius 3 is 2.91 bits per heavy atom. The number of aromatic nitrogens is 6. The Morgan fingerprint density at radius 2 is 2.09 bits per heavy atom. The lowest BCUT2D eigenvalue weighted by molar-refractivity contribution is 0.194. The van der Waals surface area contributed by atoms with E-state index in [-0.39, 0.29) is 0 Å². The third-order valence-electron chi connectivity index (χ3n) is 4.00. The number of nitrogens with zero attached hydrogens (tertiary/aromatic N) is 8. The van der Waals surface area contributed by atoms with Gasteiger partial charge in [-0.15, -0.1) is 15.3 Å². The molecule has 8 nitrogen and oxygen atoms in total. The van der Waals surface area contributed by atoms with E-state index >= 15 is 0 Å². The molecule has 1 aliphatic heterocycles. The second-order valence-corrected chi connectivity index (χ2v) is 5.51. The van der Waals surface area contributed by atoms with Gasteiger partial charge in [-0.2, -0.15) is 14.7 Å². The number of anilines is 1. The summed E-state index contributed by atoms with van der Waals surface area (Å²) in [7, 11) is 2.12. The highest BCUT2D eigenvalue weighted by Gasteiger charge is 2.31. The van der Waals surface area contributed by atoms with Gasteiger partial charge in [0.15, 0.2) is 5.65 Å². The zero-order valence-corrected chi connectivity index (χ0v) is 12.2. The average molecular weight is 296 g/mol. The van der Waals surface area contributed by atoms with Crippen LogP contribution in [0.4, 0.5) is 5.82 Å². The third-order valence-corrected chi connectivity index (χ3v) is 4.00. The lowest BCUT2D eigenvalue weighted by Crippen LogP contribution is -2.58. The molecule has 8 heteroatoms. The van der Waals surface area contributed by atoms with Crippen molar-refractivity contribution >= 4 is 11.5 Å². The fraction of sp³-hybridized carbons (Fsp3) is 0.357. The summed E-state index contributed by atoms with van der Waals surface area (Å²) >= 11 is 0. The summed E-state index contributed by atoms with van der Waals surface area (Å²) in [4.78, 5) is 4.55. The van der Waals surface area contributed by atoms with Crippen LogP contribution in [0.5, 0.6) is 0 Å². The van der Waals surface area contributed by atoms with Crippen molar-refractivity contribution in [3.8, 4) is 0 Å². The molecule has 1 fully saturated rings. The highest BCUT2D eigenvalue weighted by molar-refractivity contribution is 5.47. The van der Waals surface area contributed by atoms with Crippen LogP contribution >= 0.6 is 0 Å². The van der Waals surface area contributed by atoms with E-state index in [4.69, 9.17) is 0 Å². The van der Waals surface area contributed by atoms with Gasteiger partial charge in [0.05, 0.1) is 5.69 Å². The van der Waals surface area contributed by atoms with E-state index in [2.05, 4.69) is 42.3 Å². The topological polar surface area (TPSA) is 75.3 Å². The van der Waals surface area contributed by atoms with E-state index in [0.29, 0.717) is 6.04 Å². The van der Waals surface area contributed by atoms with Crippen LogP contribution in [-0.4, -0.2) is 61.1 Å². The molecule has 0 radical (unpaired) electrons. The summed E-state index contributed by atoms with van der Waals surface area (Å²) < 4.78 is 1.70. The largest absolute Gasteiger partial charge is 0.352 e. The first-order valence-corrected chi connectivity index (χ1v) is 7.18. The molecule has 4 rings (SSSR count). The van der Waals surface area contributed by atoms with Crippen LogP contribution in [0.25, 0.3) is 5.65 Å². The number of rotatable bonds is 4. The summed E-state index contributed by atoms with van der Waals surface area (Å²) in [6, 6.07) is 8.35. The smallest absolute Gasteiger partial charge is 0.177 e. The minimum Gasteiger partial charge on any atom is -0.352 e. The molecule has 0 N–H and O–H groups in total. The average Bonchev–Trinajstić information content (AvgIpc) is 2.94. The fourth-order valence-electron chi connectivity index (χ4n) is 2.61. The Kier molecular flexibility index (Phi) is 3.15. The van der Waals surface area contributed by atoms with E-state index in [1.807, 2.05) is 24.3 Å². The van der Waals surface area contributed by atoms with E-state index in [1.54, 1.807) is 17.0 Å². The quantitative estimate of drug-likeness (QED) is 0.682. The standard InChI is InChI=1S/C14H16N8/c1-20(7-11-3-2-6-15-17-11)12-8-21(9-12)14-5-4-13-18-16-10-22(13)19-14/h2-6,10,12H,7-9H2,1H3. The van der Waals surface area contributed by atoms with Crippen molar-refractivity contribution in [3.05, 3.63) is 42.5 Å². The molecule has 3 aromatic rings. The van der Waals surface area contributed by atoms with Crippen molar-refractivity contribution in [1.29, 1.82) is 0 Å². The van der Waals surface area contributed by atoms with Crippen LogP contribution in [0.15, 0.2) is 36.8 Å². The van der Waals surface area contributed by atoms with E-state index in [0.717, 1.165) is 36.8 Å². The van der Waals surface area contributed by atoms with Crippen molar-refractivity contribution in [2.75, 3.05) is 25.0 Å². The first-order valence-electron chi connectivity index (χ1n) is 7.18. The minimum atomic E-state index is 0.500. The predicted molar refractivity (Wildman–Crippen MR) is 80.3 cm³/mol. The third kappa shape index (κ3) is 2.37. The number of likely N-dealkylation sites (N-methyl/N-ethyl adjacent to an activating group) is 1. The summed E-state index contributed by atoms with van der Waals surface area (Å²) in [5.74, 6) is 0.955. The van der Waals surface area contributed by atoms with Gasteiger partial charge in [0, 0.05) is 31.9 Å². The zero-order valence-electron chi connectivity index (χ0n) is 12.2. The van der Waals surface area contributed by atoms with E-state index in [9.17, 15) is 0 Å². The predicted octanol–water partition coefficient (Wildman–Crippen LogP) is 0.235. The van der Waals surface area contributed by atoms with Gasteiger partial charge in [0.1, 0.15) is 12.1 Å². The summed E-state index contributed by atoms with van der Waals surface area (Å²) in [5.41, 5.74) is 1.76. The lowest BCUT2D eigenvalue weighted by atomic mass is 10.1. The van der Waals surface area contributed by atoms with Gasteiger partial charge in [-0.05, 0) is 31.3 Å². The highest BCUT2D eigenvalue weighted by Crippen LogP contribution is 2.21. The molecule has 0 saturated carbocycles. The normalized spacial score (nSPS) is 15.5. The van der Waals surface area contributed by atoms with Crippen molar-refractivity contribution in [2.45, 2.75) is 12.6 Å². The maximum absolute atomic E-state index is 4.51. The second kappa shape index (κ2) is 5.30. The minimum absolute atomic E-state index is 0.500. The van der Waals surface area contributed by atoms with Gasteiger partial charge in [0.25, 0.3) is 0 Å². The van der Waals surface area contributed by atoms with Crippen molar-refractivity contribution in [2.24, 2.45) is 0 Å². The Bertz CT molecular complexity index is 765. The molecule has 1 saturated heterocycles. The molecule has 0 aliphatic carbocycles. The van der Waals surface area contributed by atoms with Gasteiger partial charge in [-0.1, -0.05) is 0 Å². The first-order chi connectivity index (χ1) is 10.8. The molecule has 0 bridgehead atoms. The van der Waals surface area contributed by atoms with E-state index < -0.39 is 0 Å². The molecule has 22 heavy (non-hydrogen) atoms. The molecule has 0 atom stereocenters. The molecule has 3 aromatic heterocycles. The molecular weight excluding hydrogens is 280 g/mol. The summed E-state index contributed by atoms with van der Waals surface area (Å²) in [6.45, 7) is 2.72. The fourth-order valence-corrected chi connectivity index (χ4v) is 2.61. The van der Waals surface area contributed by atoms with Crippen molar-refractivity contribution in [3.63, 3.8) is 0 Å². The molecule has 112 valence electrons. The van der Waals surface area contributed by atoms with Gasteiger partial charge in [-0.3, -0.25) is 4.90 Å². The summed E-state index contributed by atoms with van der Waals surface area (Å²) in [5, 5.41) is 20.4. The van der Waals surface area contributed by atoms with Gasteiger partial charge < -0.3 is 4.90 Å². The first kappa shape index (κ1) is 13.1. The maximum Gasteiger partial charge on any atom is 0.177 e. The zero-order chi connectivity index (χ0) is 14.9. The monoisotopic (exact) mass is 296 g/mol. The van der Waals surface area contributed by atoms with Crippen LogP contribution in [0.1, 0.15) is 5.69 Å². The Hall–Kier alpha value is -2.61. The molecule has 1 aliphatic rings. The van der Waals surface area contributed by atoms with Crippen LogP contribution in [0.3, 0.4) is 0 Å². The van der Waals surface area contributed by atoms with Crippen LogP contribution in [0, 0.1) is 0 Å². The SMILES string of the molecule is CN(Cc1cccnn1)C1CN(c2ccc3nncn3n2)C1. The summed E-state index contributed by atoms with van der Waals surface area (Å²) in [6.07, 6.45) is 3.32. The Labute approximate surface area is 127 Å². The van der Waals surface area contributed by atoms with E-state index in [1.165, 1.54) is 0 Å². The van der Waals surface area contributed by atoms with Crippen LogP contribution in [-0.2, 0) is 6.54 Å². The highest BCUT2D eigenvalue weighted by atomic mass is 15.4. The van der Waals surface area contributed by atoms with Gasteiger partial charge >= 0.3 is 0 Å². The second-order valence-electron chi connectivity index (χ2n) is 5.51. The molecule has 0 unspecified atom stereocenters. The Morgan fingerprint density at radius 1 is 1.18 bits per heavy atom. The van der Waals surface area contributed by atoms with Crippen molar-refractivity contribution in [1.82, 2.24) is 34.9 Å². The van der Waals surface area contributed by atoms with Crippen molar-refractivity contribution < 1.29 is 0 Å². The molecule has 0 aromatic carbocycles.